The lowest BCUT2D eigenvalue weighted by molar-refractivity contribution is -0.134. The van der Waals surface area contributed by atoms with Crippen molar-refractivity contribution in [1.82, 2.24) is 4.90 Å². The van der Waals surface area contributed by atoms with E-state index in [1.807, 2.05) is 4.90 Å². The Balaban J connectivity index is 1.60. The van der Waals surface area contributed by atoms with Gasteiger partial charge in [-0.3, -0.25) is 4.79 Å². The molecule has 2 aliphatic heterocycles. The Kier molecular flexibility index (Phi) is 2.64. The van der Waals surface area contributed by atoms with E-state index in [1.54, 1.807) is 0 Å². The van der Waals surface area contributed by atoms with Crippen molar-refractivity contribution in [2.24, 2.45) is 17.6 Å². The first-order valence-electron chi connectivity index (χ1n) is 6.41. The minimum absolute atomic E-state index is 0.192. The molecule has 2 saturated heterocycles. The van der Waals surface area contributed by atoms with Crippen LogP contribution in [0, 0.1) is 11.8 Å². The van der Waals surface area contributed by atoms with Crippen molar-refractivity contribution in [1.29, 1.82) is 0 Å². The third-order valence-corrected chi connectivity index (χ3v) is 4.37. The standard InChI is InChI=1S/C12H20N2O2/c13-11(8-2-5-16-6-3-8)12(15)14-4-1-9-7-10(9)14/h8-11H,1-7,13H2/t9-,10?,11?/m1/s1. The van der Waals surface area contributed by atoms with Gasteiger partial charge in [0.15, 0.2) is 0 Å². The molecule has 3 rings (SSSR count). The predicted molar refractivity (Wildman–Crippen MR) is 59.7 cm³/mol. The van der Waals surface area contributed by atoms with Gasteiger partial charge in [0.1, 0.15) is 0 Å². The number of piperidine rings is 1. The summed E-state index contributed by atoms with van der Waals surface area (Å²) in [5, 5.41) is 0. The van der Waals surface area contributed by atoms with E-state index in [0.29, 0.717) is 12.0 Å². The zero-order chi connectivity index (χ0) is 11.1. The molecule has 90 valence electrons. The Morgan fingerprint density at radius 2 is 2.06 bits per heavy atom. The summed E-state index contributed by atoms with van der Waals surface area (Å²) in [7, 11) is 0. The van der Waals surface area contributed by atoms with Crippen LogP contribution < -0.4 is 5.73 Å². The van der Waals surface area contributed by atoms with E-state index in [-0.39, 0.29) is 11.9 Å². The van der Waals surface area contributed by atoms with Crippen LogP contribution in [-0.4, -0.2) is 42.6 Å². The zero-order valence-corrected chi connectivity index (χ0v) is 9.60. The normalized spacial score (nSPS) is 35.9. The summed E-state index contributed by atoms with van der Waals surface area (Å²) >= 11 is 0. The van der Waals surface area contributed by atoms with Crippen LogP contribution in [-0.2, 0) is 9.53 Å². The third-order valence-electron chi connectivity index (χ3n) is 4.37. The summed E-state index contributed by atoms with van der Waals surface area (Å²) in [4.78, 5) is 14.3. The van der Waals surface area contributed by atoms with Crippen LogP contribution in [0.2, 0.25) is 0 Å². The van der Waals surface area contributed by atoms with E-state index in [4.69, 9.17) is 10.5 Å². The lowest BCUT2D eigenvalue weighted by Gasteiger charge is -2.30. The minimum Gasteiger partial charge on any atom is -0.381 e. The van der Waals surface area contributed by atoms with E-state index < -0.39 is 0 Å². The molecule has 3 aliphatic rings. The largest absolute Gasteiger partial charge is 0.381 e. The van der Waals surface area contributed by atoms with Crippen molar-refractivity contribution in [3.05, 3.63) is 0 Å². The highest BCUT2D eigenvalue weighted by molar-refractivity contribution is 5.83. The van der Waals surface area contributed by atoms with Gasteiger partial charge in [0.25, 0.3) is 0 Å². The molecule has 2 unspecified atom stereocenters. The van der Waals surface area contributed by atoms with Gasteiger partial charge in [-0.15, -0.1) is 0 Å². The highest BCUT2D eigenvalue weighted by Crippen LogP contribution is 2.44. The van der Waals surface area contributed by atoms with Crippen molar-refractivity contribution >= 4 is 5.91 Å². The van der Waals surface area contributed by atoms with Crippen molar-refractivity contribution < 1.29 is 9.53 Å². The predicted octanol–water partition coefficient (Wildman–Crippen LogP) is 0.361. The Bertz CT molecular complexity index is 289. The van der Waals surface area contributed by atoms with E-state index in [9.17, 15) is 4.79 Å². The second-order valence-electron chi connectivity index (χ2n) is 5.36. The fourth-order valence-electron chi connectivity index (χ4n) is 3.14. The van der Waals surface area contributed by atoms with Crippen molar-refractivity contribution in [3.8, 4) is 0 Å². The number of hydrogen-bond acceptors (Lipinski definition) is 3. The van der Waals surface area contributed by atoms with Gasteiger partial charge < -0.3 is 15.4 Å². The number of likely N-dealkylation sites (tertiary alicyclic amines) is 1. The summed E-state index contributed by atoms with van der Waals surface area (Å²) in [6.45, 7) is 2.46. The summed E-state index contributed by atoms with van der Waals surface area (Å²) in [6.07, 6.45) is 4.28. The van der Waals surface area contributed by atoms with Crippen LogP contribution >= 0.6 is 0 Å². The number of amides is 1. The molecule has 1 aliphatic carbocycles. The van der Waals surface area contributed by atoms with Gasteiger partial charge >= 0.3 is 0 Å². The Morgan fingerprint density at radius 3 is 2.62 bits per heavy atom. The van der Waals surface area contributed by atoms with Gasteiger partial charge in [-0.2, -0.15) is 0 Å². The summed E-state index contributed by atoms with van der Waals surface area (Å²) in [6, 6.07) is 0.252. The molecule has 0 aromatic rings. The van der Waals surface area contributed by atoms with Gasteiger partial charge in [0, 0.05) is 25.8 Å². The molecule has 1 amide bonds. The van der Waals surface area contributed by atoms with Crippen LogP contribution in [0.4, 0.5) is 0 Å². The molecule has 2 heterocycles. The first-order valence-corrected chi connectivity index (χ1v) is 6.41. The molecule has 0 radical (unpaired) electrons. The fraction of sp³-hybridized carbons (Fsp3) is 0.917. The average molecular weight is 224 g/mol. The van der Waals surface area contributed by atoms with Crippen LogP contribution in [0.15, 0.2) is 0 Å². The number of rotatable bonds is 2. The van der Waals surface area contributed by atoms with E-state index in [2.05, 4.69) is 0 Å². The smallest absolute Gasteiger partial charge is 0.240 e. The van der Waals surface area contributed by atoms with Crippen molar-refractivity contribution in [3.63, 3.8) is 0 Å². The lowest BCUT2D eigenvalue weighted by Crippen LogP contribution is -2.49. The molecule has 0 bridgehead atoms. The molecule has 16 heavy (non-hydrogen) atoms. The molecule has 4 heteroatoms. The fourth-order valence-corrected chi connectivity index (χ4v) is 3.14. The molecular formula is C12H20N2O2. The van der Waals surface area contributed by atoms with Gasteiger partial charge in [0.2, 0.25) is 5.91 Å². The van der Waals surface area contributed by atoms with Gasteiger partial charge in [-0.05, 0) is 37.5 Å². The third kappa shape index (κ3) is 1.74. The van der Waals surface area contributed by atoms with E-state index >= 15 is 0 Å². The maximum absolute atomic E-state index is 12.2. The second kappa shape index (κ2) is 4.00. The summed E-state index contributed by atoms with van der Waals surface area (Å²) in [5.41, 5.74) is 6.11. The topological polar surface area (TPSA) is 55.6 Å². The van der Waals surface area contributed by atoms with E-state index in [0.717, 1.165) is 38.5 Å². The van der Waals surface area contributed by atoms with Crippen LogP contribution in [0.5, 0.6) is 0 Å². The molecule has 3 atom stereocenters. The summed E-state index contributed by atoms with van der Waals surface area (Å²) < 4.78 is 5.30. The molecule has 2 N–H and O–H groups in total. The average Bonchev–Trinajstić information content (AvgIpc) is 3.00. The van der Waals surface area contributed by atoms with E-state index in [1.165, 1.54) is 12.8 Å². The Labute approximate surface area is 96.1 Å². The SMILES string of the molecule is NC(C(=O)N1CC[C@@H]2CC21)C1CCOCC1. The first kappa shape index (κ1) is 10.5. The van der Waals surface area contributed by atoms with Gasteiger partial charge in [0.05, 0.1) is 6.04 Å². The molecule has 4 nitrogen and oxygen atoms in total. The Hall–Kier alpha value is -0.610. The van der Waals surface area contributed by atoms with Gasteiger partial charge in [-0.1, -0.05) is 0 Å². The number of hydrogen-bond donors (Lipinski definition) is 1. The number of nitrogens with two attached hydrogens (primary N) is 1. The highest BCUT2D eigenvalue weighted by Gasteiger charge is 2.50. The van der Waals surface area contributed by atoms with Crippen molar-refractivity contribution in [2.45, 2.75) is 37.8 Å². The molecule has 0 aromatic heterocycles. The quantitative estimate of drug-likeness (QED) is 0.737. The number of carbonyl (C=O) groups excluding carboxylic acids is 1. The first-order chi connectivity index (χ1) is 7.77. The van der Waals surface area contributed by atoms with Crippen molar-refractivity contribution in [2.75, 3.05) is 19.8 Å². The number of carbonyl (C=O) groups is 1. The maximum Gasteiger partial charge on any atom is 0.240 e. The molecule has 0 spiro atoms. The minimum atomic E-state index is -0.289. The second-order valence-corrected chi connectivity index (χ2v) is 5.36. The molecular weight excluding hydrogens is 204 g/mol. The number of nitrogens with zero attached hydrogens (tertiary/aromatic N) is 1. The van der Waals surface area contributed by atoms with Crippen LogP contribution in [0.1, 0.15) is 25.7 Å². The zero-order valence-electron chi connectivity index (χ0n) is 9.60. The molecule has 0 aromatic carbocycles. The van der Waals surface area contributed by atoms with Crippen LogP contribution in [0.3, 0.4) is 0 Å². The van der Waals surface area contributed by atoms with Crippen LogP contribution in [0.25, 0.3) is 0 Å². The lowest BCUT2D eigenvalue weighted by atomic mass is 9.91. The molecule has 3 fully saturated rings. The number of ether oxygens (including phenoxy) is 1. The molecule has 1 saturated carbocycles. The monoisotopic (exact) mass is 224 g/mol. The highest BCUT2D eigenvalue weighted by atomic mass is 16.5. The maximum atomic E-state index is 12.2. The summed E-state index contributed by atoms with van der Waals surface area (Å²) in [5.74, 6) is 1.32. The van der Waals surface area contributed by atoms with Gasteiger partial charge in [-0.25, -0.2) is 0 Å². The number of fused-ring (bicyclic) bond motifs is 1. The Morgan fingerprint density at radius 1 is 1.31 bits per heavy atom.